The van der Waals surface area contributed by atoms with Crippen LogP contribution in [0.15, 0.2) is 11.8 Å². The zero-order valence-electron chi connectivity index (χ0n) is 6.70. The minimum absolute atomic E-state index is 0.0466. The highest BCUT2D eigenvalue weighted by atomic mass is 19.4. The molecule has 0 spiro atoms. The fourth-order valence-electron chi connectivity index (χ4n) is 0.860. The van der Waals surface area contributed by atoms with Crippen molar-refractivity contribution in [2.45, 2.75) is 18.5 Å². The van der Waals surface area contributed by atoms with E-state index in [1.165, 1.54) is 0 Å². The van der Waals surface area contributed by atoms with Crippen LogP contribution in [-0.2, 0) is 9.53 Å². The largest absolute Gasteiger partial charge is 0.490 e. The first kappa shape index (κ1) is 10.9. The fourth-order valence-corrected chi connectivity index (χ4v) is 0.860. The number of alkyl halides is 5. The number of allylic oxidation sites excluding steroid dienone is 1. The predicted octanol–water partition coefficient (Wildman–Crippen LogP) is 2.06. The molecular formula is C7H5F5O2. The van der Waals surface area contributed by atoms with E-state index < -0.39 is 23.6 Å². The summed E-state index contributed by atoms with van der Waals surface area (Å²) >= 11 is 0. The summed E-state index contributed by atoms with van der Waals surface area (Å²) in [5.41, 5.74) is 0. The molecule has 14 heavy (non-hydrogen) atoms. The molecule has 0 aromatic carbocycles. The van der Waals surface area contributed by atoms with Crippen molar-refractivity contribution < 1.29 is 31.5 Å². The van der Waals surface area contributed by atoms with Gasteiger partial charge in [0.2, 0.25) is 0 Å². The average molecular weight is 216 g/mol. The van der Waals surface area contributed by atoms with Gasteiger partial charge in [-0.3, -0.25) is 4.79 Å². The van der Waals surface area contributed by atoms with Gasteiger partial charge in [0.1, 0.15) is 0 Å². The molecule has 1 heterocycles. The van der Waals surface area contributed by atoms with E-state index in [2.05, 4.69) is 4.74 Å². The van der Waals surface area contributed by atoms with Crippen molar-refractivity contribution in [3.05, 3.63) is 11.8 Å². The van der Waals surface area contributed by atoms with Crippen molar-refractivity contribution in [1.29, 1.82) is 0 Å². The van der Waals surface area contributed by atoms with Gasteiger partial charge in [-0.2, -0.15) is 22.0 Å². The Kier molecular flexibility index (Phi) is 2.51. The lowest BCUT2D eigenvalue weighted by molar-refractivity contribution is -0.268. The lowest BCUT2D eigenvalue weighted by Crippen LogP contribution is -2.44. The van der Waals surface area contributed by atoms with E-state index in [1.807, 2.05) is 0 Å². The highest BCUT2D eigenvalue weighted by molar-refractivity contribution is 5.99. The molecule has 7 heteroatoms. The van der Waals surface area contributed by atoms with Crippen molar-refractivity contribution in [1.82, 2.24) is 0 Å². The van der Waals surface area contributed by atoms with Crippen molar-refractivity contribution in [3.8, 4) is 0 Å². The first-order valence-electron chi connectivity index (χ1n) is 3.59. The van der Waals surface area contributed by atoms with E-state index in [9.17, 15) is 26.7 Å². The van der Waals surface area contributed by atoms with Gasteiger partial charge in [-0.15, -0.1) is 0 Å². The minimum Gasteiger partial charge on any atom is -0.490 e. The van der Waals surface area contributed by atoms with Crippen LogP contribution in [0.4, 0.5) is 22.0 Å². The van der Waals surface area contributed by atoms with Crippen LogP contribution in [0.1, 0.15) is 6.42 Å². The number of halogens is 5. The lowest BCUT2D eigenvalue weighted by Gasteiger charge is -2.17. The Labute approximate surface area is 75.3 Å². The number of ether oxygens (including phenoxy) is 1. The Balaban J connectivity index is 2.88. The number of carbonyl (C=O) groups is 1. The van der Waals surface area contributed by atoms with Crippen LogP contribution in [0.3, 0.4) is 0 Å². The molecule has 0 amide bonds. The third-order valence-electron chi connectivity index (χ3n) is 1.57. The Bertz CT molecular complexity index is 278. The molecule has 80 valence electrons. The highest BCUT2D eigenvalue weighted by Crippen LogP contribution is 2.38. The van der Waals surface area contributed by atoms with Gasteiger partial charge in [0.15, 0.2) is 5.76 Å². The summed E-state index contributed by atoms with van der Waals surface area (Å²) in [6.07, 6.45) is -4.80. The van der Waals surface area contributed by atoms with Crippen LogP contribution in [0.25, 0.3) is 0 Å². The molecule has 2 nitrogen and oxygen atoms in total. The third-order valence-corrected chi connectivity index (χ3v) is 1.57. The fraction of sp³-hybridized carbons (Fsp3) is 0.571. The Morgan fingerprint density at radius 3 is 2.21 bits per heavy atom. The first-order valence-corrected chi connectivity index (χ1v) is 3.59. The van der Waals surface area contributed by atoms with Gasteiger partial charge in [0.25, 0.3) is 5.78 Å². The maximum Gasteiger partial charge on any atom is 0.461 e. The molecule has 0 saturated heterocycles. The van der Waals surface area contributed by atoms with Crippen molar-refractivity contribution in [2.75, 3.05) is 6.61 Å². The molecule has 0 aliphatic carbocycles. The molecule has 0 aromatic heterocycles. The summed E-state index contributed by atoms with van der Waals surface area (Å²) in [5.74, 6) is -8.61. The molecule has 0 fully saturated rings. The lowest BCUT2D eigenvalue weighted by atomic mass is 10.1. The molecular weight excluding hydrogens is 211 g/mol. The number of Topliss-reactive ketones (excluding diaryl/α,β-unsaturated/α-hetero) is 1. The topological polar surface area (TPSA) is 26.3 Å². The third kappa shape index (κ3) is 1.71. The minimum atomic E-state index is -5.88. The number of carbonyl (C=O) groups excluding carboxylic acids is 1. The molecule has 0 atom stereocenters. The van der Waals surface area contributed by atoms with Crippen LogP contribution in [-0.4, -0.2) is 24.5 Å². The Morgan fingerprint density at radius 2 is 1.86 bits per heavy atom. The van der Waals surface area contributed by atoms with Gasteiger partial charge >= 0.3 is 12.1 Å². The van der Waals surface area contributed by atoms with E-state index in [0.717, 1.165) is 6.08 Å². The standard InChI is InChI=1S/C7H5F5O2/c8-6(9,7(10,11)12)5(13)4-2-1-3-14-4/h2H,1,3H2. The highest BCUT2D eigenvalue weighted by Gasteiger charge is 2.64. The zero-order valence-corrected chi connectivity index (χ0v) is 6.70. The van der Waals surface area contributed by atoms with Crippen molar-refractivity contribution >= 4 is 5.78 Å². The summed E-state index contributed by atoms with van der Waals surface area (Å²) in [5, 5.41) is 0. The predicted molar refractivity (Wildman–Crippen MR) is 34.7 cm³/mol. The van der Waals surface area contributed by atoms with Crippen LogP contribution < -0.4 is 0 Å². The second-order valence-electron chi connectivity index (χ2n) is 2.61. The second kappa shape index (κ2) is 3.21. The second-order valence-corrected chi connectivity index (χ2v) is 2.61. The summed E-state index contributed by atoms with van der Waals surface area (Å²) < 4.78 is 64.1. The van der Waals surface area contributed by atoms with Gasteiger partial charge in [0.05, 0.1) is 6.61 Å². The molecule has 0 bridgehead atoms. The van der Waals surface area contributed by atoms with Crippen molar-refractivity contribution in [2.24, 2.45) is 0 Å². The van der Waals surface area contributed by atoms with Crippen LogP contribution >= 0.6 is 0 Å². The number of rotatable bonds is 2. The van der Waals surface area contributed by atoms with Crippen LogP contribution in [0.2, 0.25) is 0 Å². The van der Waals surface area contributed by atoms with E-state index in [0.29, 0.717) is 0 Å². The summed E-state index contributed by atoms with van der Waals surface area (Å²) in [7, 11) is 0. The molecule has 0 saturated carbocycles. The average Bonchev–Trinajstić information content (AvgIpc) is 2.52. The first-order chi connectivity index (χ1) is 6.27. The zero-order chi connectivity index (χ0) is 11.0. The van der Waals surface area contributed by atoms with Gasteiger partial charge in [-0.05, 0) is 6.08 Å². The van der Waals surface area contributed by atoms with E-state index in [1.54, 1.807) is 0 Å². The van der Waals surface area contributed by atoms with E-state index >= 15 is 0 Å². The maximum atomic E-state index is 12.4. The SMILES string of the molecule is O=C(C1=CCCO1)C(F)(F)C(F)(F)F. The van der Waals surface area contributed by atoms with Gasteiger partial charge in [-0.25, -0.2) is 0 Å². The summed E-state index contributed by atoms with van der Waals surface area (Å²) in [4.78, 5) is 10.7. The van der Waals surface area contributed by atoms with Crippen molar-refractivity contribution in [3.63, 3.8) is 0 Å². The van der Waals surface area contributed by atoms with Crippen LogP contribution in [0, 0.1) is 0 Å². The number of hydrogen-bond donors (Lipinski definition) is 0. The maximum absolute atomic E-state index is 12.4. The van der Waals surface area contributed by atoms with E-state index in [4.69, 9.17) is 0 Å². The molecule has 1 aliphatic rings. The summed E-state index contributed by atoms with van der Waals surface area (Å²) in [6.45, 7) is -0.0466. The Morgan fingerprint density at radius 1 is 1.29 bits per heavy atom. The molecule has 0 aromatic rings. The monoisotopic (exact) mass is 216 g/mol. The van der Waals surface area contributed by atoms with Gasteiger partial charge in [0, 0.05) is 6.42 Å². The van der Waals surface area contributed by atoms with E-state index in [-0.39, 0.29) is 13.0 Å². The molecule has 1 rings (SSSR count). The molecule has 0 radical (unpaired) electrons. The summed E-state index contributed by atoms with van der Waals surface area (Å²) in [6, 6.07) is 0. The number of hydrogen-bond acceptors (Lipinski definition) is 2. The smallest absolute Gasteiger partial charge is 0.461 e. The number of ketones is 1. The quantitative estimate of drug-likeness (QED) is 0.660. The Hall–Kier alpha value is -1.14. The molecule has 0 N–H and O–H groups in total. The molecule has 1 aliphatic heterocycles. The molecule has 0 unspecified atom stereocenters. The van der Waals surface area contributed by atoms with Gasteiger partial charge in [-0.1, -0.05) is 0 Å². The van der Waals surface area contributed by atoms with Gasteiger partial charge < -0.3 is 4.74 Å². The van der Waals surface area contributed by atoms with Crippen LogP contribution in [0.5, 0.6) is 0 Å². The normalized spacial score (nSPS) is 17.6.